The van der Waals surface area contributed by atoms with E-state index in [1.807, 2.05) is 11.3 Å². The maximum atomic E-state index is 5.90. The zero-order valence-corrected chi connectivity index (χ0v) is 12.6. The number of aryl methyl sites for hydroxylation is 2. The third-order valence-electron chi connectivity index (χ3n) is 4.22. The van der Waals surface area contributed by atoms with Crippen LogP contribution in [0.3, 0.4) is 0 Å². The molecule has 0 aliphatic heterocycles. The van der Waals surface area contributed by atoms with Crippen molar-refractivity contribution in [3.8, 4) is 0 Å². The minimum atomic E-state index is 0.451. The van der Waals surface area contributed by atoms with Crippen LogP contribution in [0.4, 0.5) is 0 Å². The first-order chi connectivity index (χ1) is 8.61. The Hall–Kier alpha value is -0.380. The van der Waals surface area contributed by atoms with E-state index in [0.29, 0.717) is 18.0 Å². The summed E-state index contributed by atoms with van der Waals surface area (Å²) in [7, 11) is 0. The average Bonchev–Trinajstić information content (AvgIpc) is 2.69. The SMILES string of the molecule is Cc1cc(C(C)NC2CCCCC2CN)c(C)s1. The Morgan fingerprint density at radius 2 is 2.11 bits per heavy atom. The Morgan fingerprint density at radius 1 is 1.39 bits per heavy atom. The molecule has 3 atom stereocenters. The molecule has 1 aliphatic carbocycles. The molecule has 3 unspecified atom stereocenters. The maximum absolute atomic E-state index is 5.90. The molecule has 18 heavy (non-hydrogen) atoms. The highest BCUT2D eigenvalue weighted by Gasteiger charge is 2.25. The van der Waals surface area contributed by atoms with Crippen molar-refractivity contribution in [3.63, 3.8) is 0 Å². The van der Waals surface area contributed by atoms with Gasteiger partial charge in [0.1, 0.15) is 0 Å². The van der Waals surface area contributed by atoms with E-state index in [9.17, 15) is 0 Å². The number of rotatable bonds is 4. The fourth-order valence-corrected chi connectivity index (χ4v) is 4.22. The summed E-state index contributed by atoms with van der Waals surface area (Å²) < 4.78 is 0. The second kappa shape index (κ2) is 6.18. The van der Waals surface area contributed by atoms with Crippen LogP contribution in [0.25, 0.3) is 0 Å². The lowest BCUT2D eigenvalue weighted by atomic mass is 9.84. The predicted octanol–water partition coefficient (Wildman–Crippen LogP) is 3.53. The maximum Gasteiger partial charge on any atom is 0.0305 e. The Labute approximate surface area is 115 Å². The van der Waals surface area contributed by atoms with Crippen LogP contribution in [0.2, 0.25) is 0 Å². The Kier molecular flexibility index (Phi) is 4.82. The van der Waals surface area contributed by atoms with Gasteiger partial charge in [-0.3, -0.25) is 0 Å². The summed E-state index contributed by atoms with van der Waals surface area (Å²) in [4.78, 5) is 2.86. The lowest BCUT2D eigenvalue weighted by Gasteiger charge is -2.33. The van der Waals surface area contributed by atoms with E-state index >= 15 is 0 Å². The van der Waals surface area contributed by atoms with Crippen molar-refractivity contribution in [2.24, 2.45) is 11.7 Å². The highest BCUT2D eigenvalue weighted by molar-refractivity contribution is 7.12. The van der Waals surface area contributed by atoms with E-state index in [4.69, 9.17) is 5.73 Å². The predicted molar refractivity (Wildman–Crippen MR) is 80.1 cm³/mol. The zero-order chi connectivity index (χ0) is 13.1. The lowest BCUT2D eigenvalue weighted by molar-refractivity contribution is 0.252. The van der Waals surface area contributed by atoms with Crippen molar-refractivity contribution in [2.45, 2.75) is 58.5 Å². The number of thiophene rings is 1. The molecular formula is C15H26N2S. The molecule has 1 aliphatic rings. The van der Waals surface area contributed by atoms with Gasteiger partial charge in [-0.25, -0.2) is 0 Å². The molecule has 2 nitrogen and oxygen atoms in total. The minimum absolute atomic E-state index is 0.451. The largest absolute Gasteiger partial charge is 0.330 e. The van der Waals surface area contributed by atoms with Gasteiger partial charge in [0, 0.05) is 21.8 Å². The van der Waals surface area contributed by atoms with Gasteiger partial charge in [0.15, 0.2) is 0 Å². The van der Waals surface area contributed by atoms with Crippen molar-refractivity contribution < 1.29 is 0 Å². The summed E-state index contributed by atoms with van der Waals surface area (Å²) in [5.74, 6) is 0.668. The van der Waals surface area contributed by atoms with Gasteiger partial charge in [-0.05, 0) is 57.7 Å². The van der Waals surface area contributed by atoms with Crippen LogP contribution in [-0.4, -0.2) is 12.6 Å². The Morgan fingerprint density at radius 3 is 2.72 bits per heavy atom. The van der Waals surface area contributed by atoms with Gasteiger partial charge in [-0.2, -0.15) is 0 Å². The summed E-state index contributed by atoms with van der Waals surface area (Å²) in [5.41, 5.74) is 7.38. The average molecular weight is 266 g/mol. The molecule has 1 heterocycles. The minimum Gasteiger partial charge on any atom is -0.330 e. The first-order valence-corrected chi connectivity index (χ1v) is 7.96. The summed E-state index contributed by atoms with van der Waals surface area (Å²) in [6.45, 7) is 7.53. The van der Waals surface area contributed by atoms with Crippen LogP contribution in [0.15, 0.2) is 6.07 Å². The number of hydrogen-bond donors (Lipinski definition) is 2. The van der Waals surface area contributed by atoms with Gasteiger partial charge in [0.05, 0.1) is 0 Å². The lowest BCUT2D eigenvalue weighted by Crippen LogP contribution is -2.42. The molecule has 1 aromatic heterocycles. The van der Waals surface area contributed by atoms with Gasteiger partial charge >= 0.3 is 0 Å². The molecular weight excluding hydrogens is 240 g/mol. The van der Waals surface area contributed by atoms with Crippen LogP contribution in [0.1, 0.15) is 54.0 Å². The van der Waals surface area contributed by atoms with Gasteiger partial charge in [0.2, 0.25) is 0 Å². The fraction of sp³-hybridized carbons (Fsp3) is 0.733. The second-order valence-electron chi connectivity index (χ2n) is 5.64. The standard InChI is InChI=1S/C15H26N2S/c1-10-8-14(12(3)18-10)11(2)17-15-7-5-4-6-13(15)9-16/h8,11,13,15,17H,4-7,9,16H2,1-3H3. The number of nitrogens with one attached hydrogen (secondary N) is 1. The molecule has 2 rings (SSSR count). The summed E-state index contributed by atoms with van der Waals surface area (Å²) >= 11 is 1.90. The van der Waals surface area contributed by atoms with E-state index in [0.717, 1.165) is 6.54 Å². The van der Waals surface area contributed by atoms with Gasteiger partial charge in [0.25, 0.3) is 0 Å². The second-order valence-corrected chi connectivity index (χ2v) is 7.10. The molecule has 1 saturated carbocycles. The molecule has 0 bridgehead atoms. The fourth-order valence-electron chi connectivity index (χ4n) is 3.20. The quantitative estimate of drug-likeness (QED) is 0.875. The van der Waals surface area contributed by atoms with Crippen LogP contribution in [-0.2, 0) is 0 Å². The first kappa shape index (κ1) is 14.0. The van der Waals surface area contributed by atoms with Crippen LogP contribution < -0.4 is 11.1 Å². The summed E-state index contributed by atoms with van der Waals surface area (Å²) in [6, 6.07) is 3.39. The molecule has 0 radical (unpaired) electrons. The third-order valence-corrected chi connectivity index (χ3v) is 5.20. The van der Waals surface area contributed by atoms with E-state index in [1.54, 1.807) is 0 Å². The molecule has 0 amide bonds. The van der Waals surface area contributed by atoms with E-state index in [2.05, 4.69) is 32.2 Å². The van der Waals surface area contributed by atoms with Crippen LogP contribution in [0, 0.1) is 19.8 Å². The smallest absolute Gasteiger partial charge is 0.0305 e. The molecule has 3 heteroatoms. The molecule has 0 spiro atoms. The molecule has 1 fully saturated rings. The van der Waals surface area contributed by atoms with Crippen molar-refractivity contribution in [1.29, 1.82) is 0 Å². The van der Waals surface area contributed by atoms with Gasteiger partial charge < -0.3 is 11.1 Å². The number of hydrogen-bond acceptors (Lipinski definition) is 3. The number of nitrogens with two attached hydrogens (primary N) is 1. The van der Waals surface area contributed by atoms with E-state index in [1.165, 1.54) is 41.0 Å². The molecule has 0 aromatic carbocycles. The molecule has 102 valence electrons. The van der Waals surface area contributed by atoms with Crippen molar-refractivity contribution >= 4 is 11.3 Å². The monoisotopic (exact) mass is 266 g/mol. The normalized spacial score (nSPS) is 26.2. The van der Waals surface area contributed by atoms with Gasteiger partial charge in [-0.15, -0.1) is 11.3 Å². The van der Waals surface area contributed by atoms with E-state index in [-0.39, 0.29) is 0 Å². The van der Waals surface area contributed by atoms with Gasteiger partial charge in [-0.1, -0.05) is 12.8 Å². The first-order valence-electron chi connectivity index (χ1n) is 7.15. The third kappa shape index (κ3) is 3.14. The molecule has 3 N–H and O–H groups in total. The summed E-state index contributed by atoms with van der Waals surface area (Å²) in [5, 5.41) is 3.82. The van der Waals surface area contributed by atoms with E-state index < -0.39 is 0 Å². The van der Waals surface area contributed by atoms with Crippen LogP contribution >= 0.6 is 11.3 Å². The van der Waals surface area contributed by atoms with Crippen molar-refractivity contribution in [1.82, 2.24) is 5.32 Å². The van der Waals surface area contributed by atoms with Crippen LogP contribution in [0.5, 0.6) is 0 Å². The Balaban J connectivity index is 2.01. The van der Waals surface area contributed by atoms with Crippen molar-refractivity contribution in [3.05, 3.63) is 21.4 Å². The highest BCUT2D eigenvalue weighted by Crippen LogP contribution is 2.29. The molecule has 1 aromatic rings. The summed E-state index contributed by atoms with van der Waals surface area (Å²) in [6.07, 6.45) is 5.28. The molecule has 0 saturated heterocycles. The highest BCUT2D eigenvalue weighted by atomic mass is 32.1. The Bertz CT molecular complexity index is 386. The van der Waals surface area contributed by atoms with Crippen molar-refractivity contribution in [2.75, 3.05) is 6.54 Å². The topological polar surface area (TPSA) is 38.0 Å². The zero-order valence-electron chi connectivity index (χ0n) is 11.8.